The highest BCUT2D eigenvalue weighted by Gasteiger charge is 2.44. The van der Waals surface area contributed by atoms with Crippen LogP contribution >= 0.6 is 0 Å². The third-order valence-corrected chi connectivity index (χ3v) is 5.90. The van der Waals surface area contributed by atoms with Crippen molar-refractivity contribution in [3.05, 3.63) is 35.9 Å². The van der Waals surface area contributed by atoms with Gasteiger partial charge in [-0.2, -0.15) is 0 Å². The molecule has 25 heavy (non-hydrogen) atoms. The molecule has 1 aromatic carbocycles. The number of ether oxygens (including phenoxy) is 1. The molecule has 1 N–H and O–H groups in total. The van der Waals surface area contributed by atoms with E-state index in [2.05, 4.69) is 0 Å². The van der Waals surface area contributed by atoms with Crippen LogP contribution in [0.25, 0.3) is 0 Å². The van der Waals surface area contributed by atoms with Crippen LogP contribution in [0.3, 0.4) is 0 Å². The van der Waals surface area contributed by atoms with Crippen LogP contribution in [-0.4, -0.2) is 40.7 Å². The molecular formula is C21H31NO3. The van der Waals surface area contributed by atoms with Crippen LogP contribution in [0.4, 0.5) is 0 Å². The summed E-state index contributed by atoms with van der Waals surface area (Å²) in [5, 5.41) is 10.8. The van der Waals surface area contributed by atoms with Gasteiger partial charge in [-0.05, 0) is 38.2 Å². The first-order valence-corrected chi connectivity index (χ1v) is 9.71. The number of carbonyl (C=O) groups is 1. The zero-order valence-corrected chi connectivity index (χ0v) is 15.3. The molecule has 1 saturated heterocycles. The van der Waals surface area contributed by atoms with Gasteiger partial charge in [0.2, 0.25) is 5.91 Å². The van der Waals surface area contributed by atoms with Gasteiger partial charge in [0.05, 0.1) is 25.2 Å². The van der Waals surface area contributed by atoms with Crippen molar-refractivity contribution in [3.63, 3.8) is 0 Å². The number of carbonyl (C=O) groups excluding carboxylic acids is 1. The summed E-state index contributed by atoms with van der Waals surface area (Å²) in [5.41, 5.74) is 0.502. The zero-order chi connectivity index (χ0) is 17.7. The smallest absolute Gasteiger partial charge is 0.225 e. The molecule has 138 valence electrons. The maximum Gasteiger partial charge on any atom is 0.225 e. The normalized spacial score (nSPS) is 29.8. The fourth-order valence-electron chi connectivity index (χ4n) is 4.54. The number of nitrogens with zero attached hydrogens (tertiary/aromatic N) is 1. The molecular weight excluding hydrogens is 314 g/mol. The second-order valence-electron chi connectivity index (χ2n) is 7.79. The maximum absolute atomic E-state index is 12.7. The van der Waals surface area contributed by atoms with Crippen molar-refractivity contribution in [3.8, 4) is 0 Å². The van der Waals surface area contributed by atoms with Crippen molar-refractivity contribution in [2.75, 3.05) is 13.2 Å². The average Bonchev–Trinajstić information content (AvgIpc) is 3.08. The first-order chi connectivity index (χ1) is 12.1. The number of aliphatic hydroxyl groups is 1. The van der Waals surface area contributed by atoms with Gasteiger partial charge < -0.3 is 14.7 Å². The van der Waals surface area contributed by atoms with E-state index in [1.807, 2.05) is 42.2 Å². The van der Waals surface area contributed by atoms with Crippen molar-refractivity contribution in [1.82, 2.24) is 4.90 Å². The molecule has 1 aliphatic carbocycles. The summed E-state index contributed by atoms with van der Waals surface area (Å²) in [6.07, 6.45) is 6.66. The molecule has 0 spiro atoms. The Morgan fingerprint density at radius 3 is 2.80 bits per heavy atom. The molecule has 3 rings (SSSR count). The van der Waals surface area contributed by atoms with E-state index in [-0.39, 0.29) is 17.9 Å². The highest BCUT2D eigenvalue weighted by Crippen LogP contribution is 2.40. The molecule has 4 nitrogen and oxygen atoms in total. The summed E-state index contributed by atoms with van der Waals surface area (Å²) in [4.78, 5) is 14.7. The van der Waals surface area contributed by atoms with Crippen molar-refractivity contribution >= 4 is 5.91 Å². The predicted octanol–water partition coefficient (Wildman–Crippen LogP) is 3.53. The van der Waals surface area contributed by atoms with Crippen molar-refractivity contribution in [1.29, 1.82) is 0 Å². The number of likely N-dealkylation sites (tertiary alicyclic amines) is 1. The lowest BCUT2D eigenvalue weighted by Crippen LogP contribution is -2.50. The molecule has 1 aromatic rings. The average molecular weight is 345 g/mol. The van der Waals surface area contributed by atoms with Gasteiger partial charge in [0.25, 0.3) is 0 Å². The highest BCUT2D eigenvalue weighted by molar-refractivity contribution is 5.77. The van der Waals surface area contributed by atoms with E-state index in [0.29, 0.717) is 19.6 Å². The summed E-state index contributed by atoms with van der Waals surface area (Å²) in [6.45, 7) is 3.79. The summed E-state index contributed by atoms with van der Waals surface area (Å²) >= 11 is 0. The molecule has 1 aliphatic heterocycles. The van der Waals surface area contributed by atoms with E-state index in [0.717, 1.165) is 44.2 Å². The molecule has 0 unspecified atom stereocenters. The third-order valence-electron chi connectivity index (χ3n) is 5.90. The summed E-state index contributed by atoms with van der Waals surface area (Å²) in [7, 11) is 0. The molecule has 3 atom stereocenters. The minimum atomic E-state index is -0.629. The van der Waals surface area contributed by atoms with Crippen LogP contribution in [0, 0.1) is 5.92 Å². The lowest BCUT2D eigenvalue weighted by Gasteiger charge is -2.43. The van der Waals surface area contributed by atoms with Gasteiger partial charge in [-0.25, -0.2) is 0 Å². The quantitative estimate of drug-likeness (QED) is 0.803. The Kier molecular flexibility index (Phi) is 6.13. The number of benzene rings is 1. The number of amides is 1. The lowest BCUT2D eigenvalue weighted by atomic mass is 9.72. The Morgan fingerprint density at radius 2 is 2.04 bits per heavy atom. The number of hydrogen-bond donors (Lipinski definition) is 1. The molecule has 2 fully saturated rings. The Morgan fingerprint density at radius 1 is 1.24 bits per heavy atom. The van der Waals surface area contributed by atoms with Gasteiger partial charge in [-0.15, -0.1) is 0 Å². The van der Waals surface area contributed by atoms with Gasteiger partial charge in [-0.1, -0.05) is 43.2 Å². The van der Waals surface area contributed by atoms with Gasteiger partial charge in [0, 0.05) is 18.5 Å². The largest absolute Gasteiger partial charge is 0.390 e. The minimum absolute atomic E-state index is 0.178. The van der Waals surface area contributed by atoms with Crippen LogP contribution < -0.4 is 0 Å². The second kappa shape index (κ2) is 8.33. The van der Waals surface area contributed by atoms with E-state index in [1.165, 1.54) is 6.42 Å². The van der Waals surface area contributed by atoms with Crippen LogP contribution in [0.1, 0.15) is 57.4 Å². The van der Waals surface area contributed by atoms with E-state index in [4.69, 9.17) is 4.74 Å². The van der Waals surface area contributed by atoms with E-state index < -0.39 is 5.60 Å². The molecule has 1 saturated carbocycles. The Bertz CT molecular complexity index is 558. The molecule has 0 aromatic heterocycles. The molecule has 0 radical (unpaired) electrons. The maximum atomic E-state index is 12.7. The molecule has 1 heterocycles. The van der Waals surface area contributed by atoms with Crippen LogP contribution in [0.15, 0.2) is 30.3 Å². The second-order valence-corrected chi connectivity index (χ2v) is 7.79. The van der Waals surface area contributed by atoms with Crippen LogP contribution in [-0.2, 0) is 16.1 Å². The Labute approximate surface area is 151 Å². The van der Waals surface area contributed by atoms with Gasteiger partial charge in [0.15, 0.2) is 0 Å². The minimum Gasteiger partial charge on any atom is -0.390 e. The molecule has 0 bridgehead atoms. The van der Waals surface area contributed by atoms with Crippen molar-refractivity contribution in [2.24, 2.45) is 5.92 Å². The first-order valence-electron chi connectivity index (χ1n) is 9.71. The number of rotatable bonds is 6. The summed E-state index contributed by atoms with van der Waals surface area (Å²) < 4.78 is 5.67. The summed E-state index contributed by atoms with van der Waals surface area (Å²) in [6, 6.07) is 10.2. The number of hydrogen-bond acceptors (Lipinski definition) is 3. The highest BCUT2D eigenvalue weighted by atomic mass is 16.5. The predicted molar refractivity (Wildman–Crippen MR) is 98.0 cm³/mol. The third kappa shape index (κ3) is 4.62. The molecule has 4 heteroatoms. The van der Waals surface area contributed by atoms with Gasteiger partial charge in [0.1, 0.15) is 0 Å². The van der Waals surface area contributed by atoms with Crippen LogP contribution in [0.5, 0.6) is 0 Å². The Balaban J connectivity index is 1.49. The van der Waals surface area contributed by atoms with Crippen molar-refractivity contribution < 1.29 is 14.6 Å². The molecule has 1 amide bonds. The first kappa shape index (κ1) is 18.4. The fraction of sp³-hybridized carbons (Fsp3) is 0.667. The van der Waals surface area contributed by atoms with E-state index >= 15 is 0 Å². The van der Waals surface area contributed by atoms with Gasteiger partial charge >= 0.3 is 0 Å². The Hall–Kier alpha value is -1.39. The summed E-state index contributed by atoms with van der Waals surface area (Å²) in [5.74, 6) is 0.398. The topological polar surface area (TPSA) is 49.8 Å². The molecule has 2 aliphatic rings. The standard InChI is InChI=1S/C21H31NO3/c1-21(24)13-6-5-10-18(21)19-11-7-14-22(19)20(23)12-15-25-16-17-8-3-2-4-9-17/h2-4,8-9,18-19,24H,5-7,10-16H2,1H3/t18-,19-,21-/m0/s1. The zero-order valence-electron chi connectivity index (χ0n) is 15.3. The van der Waals surface area contributed by atoms with Gasteiger partial charge in [-0.3, -0.25) is 4.79 Å². The van der Waals surface area contributed by atoms with E-state index in [1.54, 1.807) is 0 Å². The van der Waals surface area contributed by atoms with Crippen molar-refractivity contribution in [2.45, 2.75) is 70.1 Å². The lowest BCUT2D eigenvalue weighted by molar-refractivity contribution is -0.137. The SMILES string of the molecule is C[C@]1(O)CCCC[C@H]1[C@@H]1CCCN1C(=O)CCOCc1ccccc1. The van der Waals surface area contributed by atoms with Crippen LogP contribution in [0.2, 0.25) is 0 Å². The monoisotopic (exact) mass is 345 g/mol. The van der Waals surface area contributed by atoms with E-state index in [9.17, 15) is 9.90 Å². The fourth-order valence-corrected chi connectivity index (χ4v) is 4.54.